The van der Waals surface area contributed by atoms with Crippen molar-refractivity contribution in [1.29, 1.82) is 0 Å². The van der Waals surface area contributed by atoms with Crippen molar-refractivity contribution in [1.82, 2.24) is 0 Å². The van der Waals surface area contributed by atoms with Crippen LogP contribution in [-0.4, -0.2) is 5.78 Å². The Bertz CT molecular complexity index is 265. The Morgan fingerprint density at radius 2 is 1.88 bits per heavy atom. The van der Waals surface area contributed by atoms with Gasteiger partial charge in [-0.2, -0.15) is 0 Å². The van der Waals surface area contributed by atoms with Gasteiger partial charge in [0.15, 0.2) is 0 Å². The van der Waals surface area contributed by atoms with Crippen LogP contribution in [0.15, 0.2) is 0 Å². The molecule has 0 spiro atoms. The van der Waals surface area contributed by atoms with Gasteiger partial charge in [-0.15, -0.1) is 0 Å². The lowest BCUT2D eigenvalue weighted by Gasteiger charge is -2.43. The van der Waals surface area contributed by atoms with E-state index in [2.05, 4.69) is 34.6 Å². The summed E-state index contributed by atoms with van der Waals surface area (Å²) in [5.41, 5.74) is 0.515. The molecule has 1 aliphatic carbocycles. The second-order valence-corrected chi connectivity index (χ2v) is 6.74. The molecule has 1 fully saturated rings. The molecule has 94 valence electrons. The van der Waals surface area contributed by atoms with Crippen molar-refractivity contribution < 1.29 is 4.79 Å². The van der Waals surface area contributed by atoms with Gasteiger partial charge in [-0.1, -0.05) is 41.5 Å². The van der Waals surface area contributed by atoms with Crippen LogP contribution in [0.1, 0.15) is 67.2 Å². The number of hydrogen-bond acceptors (Lipinski definition) is 1. The van der Waals surface area contributed by atoms with Crippen LogP contribution in [0.2, 0.25) is 0 Å². The van der Waals surface area contributed by atoms with Crippen molar-refractivity contribution in [3.63, 3.8) is 0 Å². The Balaban J connectivity index is 2.87. The zero-order valence-corrected chi connectivity index (χ0v) is 11.9. The number of rotatable bonds is 4. The quantitative estimate of drug-likeness (QED) is 0.689. The summed E-state index contributed by atoms with van der Waals surface area (Å²) in [6, 6.07) is 0. The van der Waals surface area contributed by atoms with Crippen LogP contribution in [0.3, 0.4) is 0 Å². The van der Waals surface area contributed by atoms with Crippen molar-refractivity contribution >= 4 is 5.78 Å². The lowest BCUT2D eigenvalue weighted by molar-refractivity contribution is -0.122. The maximum atomic E-state index is 11.7. The lowest BCUT2D eigenvalue weighted by atomic mass is 9.61. The largest absolute Gasteiger partial charge is 0.300 e. The van der Waals surface area contributed by atoms with Crippen molar-refractivity contribution in [2.45, 2.75) is 67.2 Å². The third kappa shape index (κ3) is 2.19. The summed E-state index contributed by atoms with van der Waals surface area (Å²) >= 11 is 0. The van der Waals surface area contributed by atoms with E-state index in [4.69, 9.17) is 0 Å². The molecule has 1 nitrogen and oxygen atoms in total. The normalized spacial score (nSPS) is 33.3. The molecule has 1 unspecified atom stereocenters. The van der Waals surface area contributed by atoms with E-state index in [0.29, 0.717) is 17.6 Å². The maximum Gasteiger partial charge on any atom is 0.133 e. The molecule has 0 bridgehead atoms. The first-order valence-corrected chi connectivity index (χ1v) is 6.76. The minimum absolute atomic E-state index is 0.217. The average molecular weight is 224 g/mol. The Labute approximate surface area is 101 Å². The van der Waals surface area contributed by atoms with Crippen LogP contribution >= 0.6 is 0 Å². The molecule has 0 radical (unpaired) electrons. The van der Waals surface area contributed by atoms with Gasteiger partial charge in [-0.3, -0.25) is 4.79 Å². The van der Waals surface area contributed by atoms with Crippen LogP contribution in [-0.2, 0) is 4.79 Å². The fraction of sp³-hybridized carbons (Fsp3) is 0.933. The van der Waals surface area contributed by atoms with E-state index < -0.39 is 0 Å². The monoisotopic (exact) mass is 224 g/mol. The van der Waals surface area contributed by atoms with Gasteiger partial charge in [-0.25, -0.2) is 0 Å². The number of ketones is 1. The second-order valence-electron chi connectivity index (χ2n) is 6.74. The first-order chi connectivity index (χ1) is 7.24. The highest BCUT2D eigenvalue weighted by molar-refractivity contribution is 5.78. The molecule has 1 aliphatic rings. The third-order valence-corrected chi connectivity index (χ3v) is 5.28. The molecule has 1 saturated carbocycles. The summed E-state index contributed by atoms with van der Waals surface area (Å²) in [7, 11) is 0. The zero-order chi connectivity index (χ0) is 12.6. The Morgan fingerprint density at radius 1 is 1.31 bits per heavy atom. The lowest BCUT2D eigenvalue weighted by Crippen LogP contribution is -2.37. The molecular formula is C15H28O. The first kappa shape index (κ1) is 13.7. The molecule has 0 aromatic heterocycles. The molecule has 0 aromatic rings. The second kappa shape index (κ2) is 4.50. The number of carbonyl (C=O) groups is 1. The predicted molar refractivity (Wildman–Crippen MR) is 69.4 cm³/mol. The van der Waals surface area contributed by atoms with Gasteiger partial charge < -0.3 is 0 Å². The summed E-state index contributed by atoms with van der Waals surface area (Å²) in [5, 5.41) is 0. The van der Waals surface area contributed by atoms with Crippen molar-refractivity contribution in [3.05, 3.63) is 0 Å². The van der Waals surface area contributed by atoms with Gasteiger partial charge in [-0.05, 0) is 35.5 Å². The van der Waals surface area contributed by atoms with E-state index in [1.807, 2.05) is 6.92 Å². The van der Waals surface area contributed by atoms with Crippen molar-refractivity contribution in [3.8, 4) is 0 Å². The van der Waals surface area contributed by atoms with E-state index in [9.17, 15) is 4.79 Å². The maximum absolute atomic E-state index is 11.7. The van der Waals surface area contributed by atoms with Crippen LogP contribution in [0.5, 0.6) is 0 Å². The van der Waals surface area contributed by atoms with E-state index in [-0.39, 0.29) is 5.41 Å². The highest BCUT2D eigenvalue weighted by atomic mass is 16.1. The zero-order valence-electron chi connectivity index (χ0n) is 11.9. The molecule has 0 aromatic carbocycles. The standard InChI is InChI=1S/C15H28O/c1-7-12(16)10-15(6)9-8-13(11(2)3)14(15,4)5/h11,13H,7-10H2,1-6H3/t13?,15-/m1/s1. The predicted octanol–water partition coefficient (Wildman–Crippen LogP) is 4.45. The fourth-order valence-corrected chi connectivity index (χ4v) is 3.65. The molecule has 1 heteroatoms. The van der Waals surface area contributed by atoms with E-state index in [0.717, 1.165) is 18.3 Å². The summed E-state index contributed by atoms with van der Waals surface area (Å²) in [4.78, 5) is 11.7. The molecule has 0 saturated heterocycles. The Morgan fingerprint density at radius 3 is 2.25 bits per heavy atom. The molecular weight excluding hydrogens is 196 g/mol. The van der Waals surface area contributed by atoms with Gasteiger partial charge in [0.2, 0.25) is 0 Å². The molecule has 0 amide bonds. The minimum Gasteiger partial charge on any atom is -0.300 e. The van der Waals surface area contributed by atoms with E-state index >= 15 is 0 Å². The smallest absolute Gasteiger partial charge is 0.133 e. The number of carbonyl (C=O) groups excluding carboxylic acids is 1. The molecule has 0 N–H and O–H groups in total. The molecule has 1 rings (SSSR count). The average Bonchev–Trinajstić information content (AvgIpc) is 2.38. The van der Waals surface area contributed by atoms with Crippen LogP contribution in [0.25, 0.3) is 0 Å². The molecule has 0 aliphatic heterocycles. The van der Waals surface area contributed by atoms with Crippen LogP contribution in [0, 0.1) is 22.7 Å². The third-order valence-electron chi connectivity index (χ3n) is 5.28. The van der Waals surface area contributed by atoms with Crippen molar-refractivity contribution in [2.24, 2.45) is 22.7 Å². The van der Waals surface area contributed by atoms with Crippen molar-refractivity contribution in [2.75, 3.05) is 0 Å². The number of Topliss-reactive ketones (excluding diaryl/α,β-unsaturated/α-hetero) is 1. The van der Waals surface area contributed by atoms with E-state index in [1.54, 1.807) is 0 Å². The van der Waals surface area contributed by atoms with Crippen LogP contribution < -0.4 is 0 Å². The minimum atomic E-state index is 0.217. The summed E-state index contributed by atoms with van der Waals surface area (Å²) in [6.45, 7) is 13.7. The number of hydrogen-bond donors (Lipinski definition) is 0. The Kier molecular flexibility index (Phi) is 3.87. The molecule has 2 atom stereocenters. The molecule has 16 heavy (non-hydrogen) atoms. The van der Waals surface area contributed by atoms with Gasteiger partial charge in [0.1, 0.15) is 5.78 Å². The summed E-state index contributed by atoms with van der Waals surface area (Å²) in [6.07, 6.45) is 3.98. The van der Waals surface area contributed by atoms with Crippen LogP contribution in [0.4, 0.5) is 0 Å². The van der Waals surface area contributed by atoms with Gasteiger partial charge in [0, 0.05) is 12.8 Å². The van der Waals surface area contributed by atoms with Gasteiger partial charge >= 0.3 is 0 Å². The summed E-state index contributed by atoms with van der Waals surface area (Å²) < 4.78 is 0. The fourth-order valence-electron chi connectivity index (χ4n) is 3.65. The summed E-state index contributed by atoms with van der Waals surface area (Å²) in [5.74, 6) is 1.93. The van der Waals surface area contributed by atoms with Gasteiger partial charge in [0.05, 0.1) is 0 Å². The highest BCUT2D eigenvalue weighted by Crippen LogP contribution is 2.59. The SMILES string of the molecule is CCC(=O)C[C@@]1(C)CCC(C(C)C)C1(C)C. The van der Waals surface area contributed by atoms with E-state index in [1.165, 1.54) is 12.8 Å². The molecule has 0 heterocycles. The topological polar surface area (TPSA) is 17.1 Å². The highest BCUT2D eigenvalue weighted by Gasteiger charge is 2.52. The Hall–Kier alpha value is -0.330. The van der Waals surface area contributed by atoms with Gasteiger partial charge in [0.25, 0.3) is 0 Å². The first-order valence-electron chi connectivity index (χ1n) is 6.76.